The van der Waals surface area contributed by atoms with Crippen LogP contribution in [0.3, 0.4) is 0 Å². The number of benzene rings is 1. The maximum absolute atomic E-state index is 13.5. The Bertz CT molecular complexity index is 445. The lowest BCUT2D eigenvalue weighted by Crippen LogP contribution is -2.21. The Morgan fingerprint density at radius 2 is 1.28 bits per heavy atom. The van der Waals surface area contributed by atoms with Crippen LogP contribution >= 0.6 is 0 Å². The van der Waals surface area contributed by atoms with Crippen molar-refractivity contribution in [3.63, 3.8) is 0 Å². The molecule has 0 heterocycles. The molecule has 0 spiro atoms. The van der Waals surface area contributed by atoms with E-state index in [1.54, 1.807) is 0 Å². The first-order valence-corrected chi connectivity index (χ1v) is 5.62. The summed E-state index contributed by atoms with van der Waals surface area (Å²) in [7, 11) is 0. The number of halogens is 5. The summed E-state index contributed by atoms with van der Waals surface area (Å²) in [5.41, 5.74) is -0.801. The molecule has 0 unspecified atom stereocenters. The molecule has 0 saturated heterocycles. The van der Waals surface area contributed by atoms with Crippen LogP contribution in [-0.2, 0) is 0 Å². The Morgan fingerprint density at radius 3 is 1.78 bits per heavy atom. The fourth-order valence-corrected chi connectivity index (χ4v) is 2.41. The first-order chi connectivity index (χ1) is 8.43. The number of rotatable bonds is 1. The molecule has 0 aliphatic heterocycles. The van der Waals surface area contributed by atoms with E-state index < -0.39 is 46.7 Å². The zero-order valence-corrected chi connectivity index (χ0v) is 9.32. The molecule has 0 bridgehead atoms. The van der Waals surface area contributed by atoms with E-state index in [0.717, 1.165) is 0 Å². The van der Waals surface area contributed by atoms with E-state index in [1.165, 1.54) is 0 Å². The van der Waals surface area contributed by atoms with E-state index in [2.05, 4.69) is 0 Å². The van der Waals surface area contributed by atoms with Gasteiger partial charge in [0.15, 0.2) is 23.3 Å². The Kier molecular flexibility index (Phi) is 3.56. The fourth-order valence-electron chi connectivity index (χ4n) is 2.41. The standard InChI is InChI=1S/C12H11F5O/c13-8-7(5-2-1-3-6(18)4-5)9(14)11(16)12(17)10(8)15/h5-6,18H,1-4H2/t5-,6-/m0/s1. The van der Waals surface area contributed by atoms with E-state index in [1.807, 2.05) is 0 Å². The van der Waals surface area contributed by atoms with Crippen LogP contribution in [0.1, 0.15) is 37.2 Å². The Hall–Kier alpha value is -1.17. The first kappa shape index (κ1) is 13.3. The number of aliphatic hydroxyl groups excluding tert-OH is 1. The third-order valence-corrected chi connectivity index (χ3v) is 3.30. The van der Waals surface area contributed by atoms with E-state index >= 15 is 0 Å². The predicted octanol–water partition coefficient (Wildman–Crippen LogP) is 3.40. The summed E-state index contributed by atoms with van der Waals surface area (Å²) in [5, 5.41) is 9.41. The lowest BCUT2D eigenvalue weighted by atomic mass is 9.82. The molecule has 18 heavy (non-hydrogen) atoms. The van der Waals surface area contributed by atoms with Gasteiger partial charge in [-0.1, -0.05) is 6.42 Å². The molecular formula is C12H11F5O. The predicted molar refractivity (Wildman–Crippen MR) is 53.4 cm³/mol. The van der Waals surface area contributed by atoms with Crippen LogP contribution in [0.5, 0.6) is 0 Å². The van der Waals surface area contributed by atoms with Crippen LogP contribution in [0.4, 0.5) is 22.0 Å². The van der Waals surface area contributed by atoms with Gasteiger partial charge in [0.05, 0.1) is 6.10 Å². The molecule has 1 nitrogen and oxygen atoms in total. The molecule has 1 aliphatic carbocycles. The van der Waals surface area contributed by atoms with Gasteiger partial charge in [-0.3, -0.25) is 0 Å². The normalized spacial score (nSPS) is 24.3. The van der Waals surface area contributed by atoms with Crippen LogP contribution < -0.4 is 0 Å². The average Bonchev–Trinajstić information content (AvgIpc) is 2.34. The molecule has 1 saturated carbocycles. The molecule has 0 amide bonds. The molecule has 6 heteroatoms. The molecule has 1 aromatic rings. The zero-order valence-electron chi connectivity index (χ0n) is 9.32. The number of hydrogen-bond donors (Lipinski definition) is 1. The van der Waals surface area contributed by atoms with Crippen molar-refractivity contribution >= 4 is 0 Å². The maximum Gasteiger partial charge on any atom is 0.200 e. The van der Waals surface area contributed by atoms with Crippen molar-refractivity contribution in [2.24, 2.45) is 0 Å². The van der Waals surface area contributed by atoms with Gasteiger partial charge < -0.3 is 5.11 Å². The van der Waals surface area contributed by atoms with Gasteiger partial charge >= 0.3 is 0 Å². The third kappa shape index (κ3) is 2.09. The highest BCUT2D eigenvalue weighted by Gasteiger charge is 2.32. The van der Waals surface area contributed by atoms with Gasteiger partial charge in [0.25, 0.3) is 0 Å². The van der Waals surface area contributed by atoms with Gasteiger partial charge in [-0.05, 0) is 25.2 Å². The summed E-state index contributed by atoms with van der Waals surface area (Å²) < 4.78 is 66.0. The van der Waals surface area contributed by atoms with Crippen molar-refractivity contribution in [3.8, 4) is 0 Å². The minimum atomic E-state index is -2.15. The van der Waals surface area contributed by atoms with Gasteiger partial charge in [-0.15, -0.1) is 0 Å². The summed E-state index contributed by atoms with van der Waals surface area (Å²) in [5.74, 6) is -10.4. The molecule has 1 aliphatic rings. The monoisotopic (exact) mass is 266 g/mol. The summed E-state index contributed by atoms with van der Waals surface area (Å²) in [4.78, 5) is 0. The van der Waals surface area contributed by atoms with Crippen molar-refractivity contribution in [3.05, 3.63) is 34.6 Å². The Morgan fingerprint density at radius 1 is 0.778 bits per heavy atom. The second kappa shape index (κ2) is 4.84. The lowest BCUT2D eigenvalue weighted by Gasteiger charge is -2.26. The van der Waals surface area contributed by atoms with Crippen molar-refractivity contribution in [1.82, 2.24) is 0 Å². The lowest BCUT2D eigenvalue weighted by molar-refractivity contribution is 0.117. The molecule has 100 valence electrons. The van der Waals surface area contributed by atoms with Crippen molar-refractivity contribution < 1.29 is 27.1 Å². The SMILES string of the molecule is O[C@H]1CCC[C@H](c2c(F)c(F)c(F)c(F)c2F)C1. The quantitative estimate of drug-likeness (QED) is 0.469. The van der Waals surface area contributed by atoms with Crippen molar-refractivity contribution in [2.75, 3.05) is 0 Å². The van der Waals surface area contributed by atoms with Crippen LogP contribution in [0.15, 0.2) is 0 Å². The van der Waals surface area contributed by atoms with Crippen molar-refractivity contribution in [2.45, 2.75) is 37.7 Å². The Labute approximate surface area is 100 Å². The van der Waals surface area contributed by atoms with Gasteiger partial charge in [0.2, 0.25) is 5.82 Å². The molecule has 1 aromatic carbocycles. The summed E-state index contributed by atoms with van der Waals surface area (Å²) >= 11 is 0. The zero-order chi connectivity index (χ0) is 13.4. The van der Waals surface area contributed by atoms with Gasteiger partial charge in [-0.25, -0.2) is 22.0 Å². The first-order valence-electron chi connectivity index (χ1n) is 5.62. The van der Waals surface area contributed by atoms with Gasteiger partial charge in [0.1, 0.15) is 0 Å². The summed E-state index contributed by atoms with van der Waals surface area (Å²) in [6.45, 7) is 0. The van der Waals surface area contributed by atoms with Gasteiger partial charge in [0, 0.05) is 5.56 Å². The average molecular weight is 266 g/mol. The van der Waals surface area contributed by atoms with E-state index in [9.17, 15) is 27.1 Å². The maximum atomic E-state index is 13.5. The third-order valence-electron chi connectivity index (χ3n) is 3.30. The number of hydrogen-bond acceptors (Lipinski definition) is 1. The van der Waals surface area contributed by atoms with Crippen LogP contribution in [0.25, 0.3) is 0 Å². The topological polar surface area (TPSA) is 20.2 Å². The minimum Gasteiger partial charge on any atom is -0.393 e. The van der Waals surface area contributed by atoms with Gasteiger partial charge in [-0.2, -0.15) is 0 Å². The second-order valence-electron chi connectivity index (χ2n) is 4.50. The molecule has 2 atom stereocenters. The Balaban J connectivity index is 2.50. The highest BCUT2D eigenvalue weighted by molar-refractivity contribution is 5.28. The summed E-state index contributed by atoms with van der Waals surface area (Å²) in [6, 6.07) is 0. The minimum absolute atomic E-state index is 0.0123. The van der Waals surface area contributed by atoms with Crippen LogP contribution in [0.2, 0.25) is 0 Å². The van der Waals surface area contributed by atoms with E-state index in [0.29, 0.717) is 19.3 Å². The second-order valence-corrected chi connectivity index (χ2v) is 4.50. The van der Waals surface area contributed by atoms with Crippen LogP contribution in [0, 0.1) is 29.1 Å². The molecule has 0 radical (unpaired) electrons. The highest BCUT2D eigenvalue weighted by atomic mass is 19.2. The van der Waals surface area contributed by atoms with E-state index in [4.69, 9.17) is 0 Å². The number of aliphatic hydroxyl groups is 1. The molecule has 2 rings (SSSR count). The molecule has 1 N–H and O–H groups in total. The fraction of sp³-hybridized carbons (Fsp3) is 0.500. The molecule has 0 aromatic heterocycles. The summed E-state index contributed by atoms with van der Waals surface area (Å²) in [6.07, 6.45) is 0.518. The van der Waals surface area contributed by atoms with Crippen LogP contribution in [-0.4, -0.2) is 11.2 Å². The van der Waals surface area contributed by atoms with Crippen molar-refractivity contribution in [1.29, 1.82) is 0 Å². The molecule has 1 fully saturated rings. The largest absolute Gasteiger partial charge is 0.393 e. The smallest absolute Gasteiger partial charge is 0.200 e. The van der Waals surface area contributed by atoms with E-state index in [-0.39, 0.29) is 6.42 Å². The highest BCUT2D eigenvalue weighted by Crippen LogP contribution is 2.37. The molecular weight excluding hydrogens is 255 g/mol.